The van der Waals surface area contributed by atoms with Crippen molar-refractivity contribution < 1.29 is 0 Å². The van der Waals surface area contributed by atoms with E-state index in [0.717, 1.165) is 22.8 Å². The molecule has 0 saturated carbocycles. The highest BCUT2D eigenvalue weighted by Gasteiger charge is 2.16. The molecule has 0 unspecified atom stereocenters. The van der Waals surface area contributed by atoms with Crippen LogP contribution in [0.1, 0.15) is 39.0 Å². The molecule has 1 aromatic rings. The van der Waals surface area contributed by atoms with Gasteiger partial charge in [0.25, 0.3) is 0 Å². The molecule has 84 valence electrons. The van der Waals surface area contributed by atoms with Crippen LogP contribution in [0.3, 0.4) is 0 Å². The van der Waals surface area contributed by atoms with Crippen LogP contribution in [0, 0.1) is 6.92 Å². The fourth-order valence-electron chi connectivity index (χ4n) is 1.37. The van der Waals surface area contributed by atoms with Crippen LogP contribution in [-0.2, 0) is 6.42 Å². The SMILES string of the molecule is CCc1cc(N)c(SC(C)(C)C)nc1C. The molecule has 0 atom stereocenters. The molecule has 0 aromatic carbocycles. The summed E-state index contributed by atoms with van der Waals surface area (Å²) < 4.78 is 0.154. The average Bonchev–Trinajstić information content (AvgIpc) is 2.08. The first kappa shape index (κ1) is 12.4. The molecule has 2 nitrogen and oxygen atoms in total. The Morgan fingerprint density at radius 2 is 2.00 bits per heavy atom. The molecule has 0 radical (unpaired) electrons. The number of pyridine rings is 1. The third-order valence-electron chi connectivity index (χ3n) is 2.09. The molecule has 1 heterocycles. The Balaban J connectivity index is 3.05. The number of thioether (sulfide) groups is 1. The van der Waals surface area contributed by atoms with Gasteiger partial charge in [-0.1, -0.05) is 39.5 Å². The molecule has 0 aliphatic rings. The van der Waals surface area contributed by atoms with E-state index in [1.807, 2.05) is 6.92 Å². The number of nitrogens with two attached hydrogens (primary N) is 1. The average molecular weight is 224 g/mol. The van der Waals surface area contributed by atoms with Gasteiger partial charge in [-0.25, -0.2) is 4.98 Å². The fourth-order valence-corrected chi connectivity index (χ4v) is 2.31. The number of aromatic nitrogens is 1. The lowest BCUT2D eigenvalue weighted by Gasteiger charge is -2.19. The lowest BCUT2D eigenvalue weighted by atomic mass is 10.1. The predicted octanol–water partition coefficient (Wildman–Crippen LogP) is 3.43. The minimum absolute atomic E-state index is 0.154. The van der Waals surface area contributed by atoms with E-state index < -0.39 is 0 Å². The fraction of sp³-hybridized carbons (Fsp3) is 0.583. The first-order valence-corrected chi connectivity index (χ1v) is 6.10. The van der Waals surface area contributed by atoms with E-state index in [9.17, 15) is 0 Å². The lowest BCUT2D eigenvalue weighted by Crippen LogP contribution is -2.09. The van der Waals surface area contributed by atoms with Gasteiger partial charge < -0.3 is 5.73 Å². The Kier molecular flexibility index (Phi) is 3.66. The summed E-state index contributed by atoms with van der Waals surface area (Å²) in [5, 5.41) is 0.956. The minimum Gasteiger partial charge on any atom is -0.397 e. The summed E-state index contributed by atoms with van der Waals surface area (Å²) in [6.07, 6.45) is 0.990. The van der Waals surface area contributed by atoms with Gasteiger partial charge in [0.15, 0.2) is 0 Å². The quantitative estimate of drug-likeness (QED) is 0.782. The highest BCUT2D eigenvalue weighted by molar-refractivity contribution is 8.00. The van der Waals surface area contributed by atoms with Crippen molar-refractivity contribution in [2.45, 2.75) is 50.8 Å². The number of hydrogen-bond donors (Lipinski definition) is 1. The van der Waals surface area contributed by atoms with Gasteiger partial charge >= 0.3 is 0 Å². The molecule has 0 bridgehead atoms. The van der Waals surface area contributed by atoms with Crippen LogP contribution in [0.5, 0.6) is 0 Å². The molecular weight excluding hydrogens is 204 g/mol. The number of rotatable bonds is 2. The van der Waals surface area contributed by atoms with Gasteiger partial charge in [0.2, 0.25) is 0 Å². The molecule has 1 aromatic heterocycles. The van der Waals surface area contributed by atoms with Crippen molar-refractivity contribution in [3.05, 3.63) is 17.3 Å². The number of hydrogen-bond acceptors (Lipinski definition) is 3. The first-order valence-electron chi connectivity index (χ1n) is 5.28. The lowest BCUT2D eigenvalue weighted by molar-refractivity contribution is 0.798. The van der Waals surface area contributed by atoms with E-state index in [4.69, 9.17) is 5.73 Å². The van der Waals surface area contributed by atoms with E-state index in [-0.39, 0.29) is 4.75 Å². The Bertz CT molecular complexity index is 353. The van der Waals surface area contributed by atoms with Crippen molar-refractivity contribution in [1.29, 1.82) is 0 Å². The van der Waals surface area contributed by atoms with Crippen molar-refractivity contribution >= 4 is 17.4 Å². The Morgan fingerprint density at radius 1 is 1.40 bits per heavy atom. The summed E-state index contributed by atoms with van der Waals surface area (Å²) in [4.78, 5) is 4.57. The van der Waals surface area contributed by atoms with E-state index in [1.165, 1.54) is 5.56 Å². The molecule has 0 amide bonds. The van der Waals surface area contributed by atoms with Gasteiger partial charge in [-0.3, -0.25) is 0 Å². The van der Waals surface area contributed by atoms with Crippen molar-refractivity contribution in [3.8, 4) is 0 Å². The van der Waals surface area contributed by atoms with Crippen molar-refractivity contribution in [2.75, 3.05) is 5.73 Å². The van der Waals surface area contributed by atoms with Crippen molar-refractivity contribution in [1.82, 2.24) is 4.98 Å². The summed E-state index contributed by atoms with van der Waals surface area (Å²) >= 11 is 1.72. The molecule has 2 N–H and O–H groups in total. The van der Waals surface area contributed by atoms with Crippen LogP contribution in [0.4, 0.5) is 5.69 Å². The van der Waals surface area contributed by atoms with Crippen molar-refractivity contribution in [3.63, 3.8) is 0 Å². The van der Waals surface area contributed by atoms with Gasteiger partial charge in [0.05, 0.1) is 5.69 Å². The third-order valence-corrected chi connectivity index (χ3v) is 3.23. The normalized spacial score (nSPS) is 11.8. The van der Waals surface area contributed by atoms with Crippen LogP contribution in [0.2, 0.25) is 0 Å². The second-order valence-corrected chi connectivity index (χ2v) is 6.51. The molecule has 0 fully saturated rings. The zero-order valence-electron chi connectivity index (χ0n) is 10.2. The number of anilines is 1. The standard InChI is InChI=1S/C12H20N2S/c1-6-9-7-10(13)11(14-8(9)2)15-12(3,4)5/h7H,6,13H2,1-5H3. The maximum absolute atomic E-state index is 5.99. The second-order valence-electron chi connectivity index (χ2n) is 4.70. The van der Waals surface area contributed by atoms with Crippen LogP contribution in [-0.4, -0.2) is 9.73 Å². The van der Waals surface area contributed by atoms with E-state index in [1.54, 1.807) is 11.8 Å². The molecule has 3 heteroatoms. The highest BCUT2D eigenvalue weighted by Crippen LogP contribution is 2.34. The zero-order valence-corrected chi connectivity index (χ0v) is 11.0. The summed E-state index contributed by atoms with van der Waals surface area (Å²) in [5.41, 5.74) is 9.13. The van der Waals surface area contributed by atoms with E-state index in [2.05, 4.69) is 38.7 Å². The molecule has 0 spiro atoms. The largest absolute Gasteiger partial charge is 0.397 e. The van der Waals surface area contributed by atoms with Crippen LogP contribution in [0.25, 0.3) is 0 Å². The summed E-state index contributed by atoms with van der Waals surface area (Å²) in [6, 6.07) is 2.05. The monoisotopic (exact) mass is 224 g/mol. The van der Waals surface area contributed by atoms with Gasteiger partial charge in [0, 0.05) is 10.4 Å². The second kappa shape index (κ2) is 4.44. The maximum Gasteiger partial charge on any atom is 0.120 e. The number of aryl methyl sites for hydroxylation is 2. The van der Waals surface area contributed by atoms with Gasteiger partial charge in [-0.05, 0) is 25.0 Å². The zero-order chi connectivity index (χ0) is 11.6. The summed E-state index contributed by atoms with van der Waals surface area (Å²) in [6.45, 7) is 10.7. The Labute approximate surface area is 96.7 Å². The Morgan fingerprint density at radius 3 is 2.47 bits per heavy atom. The molecule has 0 aliphatic heterocycles. The summed E-state index contributed by atoms with van der Waals surface area (Å²) in [7, 11) is 0. The van der Waals surface area contributed by atoms with E-state index in [0.29, 0.717) is 0 Å². The molecule has 0 aliphatic carbocycles. The molecular formula is C12H20N2S. The van der Waals surface area contributed by atoms with Gasteiger partial charge in [-0.15, -0.1) is 0 Å². The predicted molar refractivity (Wildman–Crippen MR) is 68.4 cm³/mol. The van der Waals surface area contributed by atoms with Crippen LogP contribution >= 0.6 is 11.8 Å². The highest BCUT2D eigenvalue weighted by atomic mass is 32.2. The Hall–Kier alpha value is -0.700. The molecule has 15 heavy (non-hydrogen) atoms. The smallest absolute Gasteiger partial charge is 0.120 e. The van der Waals surface area contributed by atoms with Gasteiger partial charge in [-0.2, -0.15) is 0 Å². The summed E-state index contributed by atoms with van der Waals surface area (Å²) in [5.74, 6) is 0. The van der Waals surface area contributed by atoms with Crippen LogP contribution < -0.4 is 5.73 Å². The van der Waals surface area contributed by atoms with Crippen molar-refractivity contribution in [2.24, 2.45) is 0 Å². The minimum atomic E-state index is 0.154. The maximum atomic E-state index is 5.99. The first-order chi connectivity index (χ1) is 6.83. The number of nitrogens with zero attached hydrogens (tertiary/aromatic N) is 1. The topological polar surface area (TPSA) is 38.9 Å². The third kappa shape index (κ3) is 3.42. The number of nitrogen functional groups attached to an aromatic ring is 1. The van der Waals surface area contributed by atoms with Crippen LogP contribution in [0.15, 0.2) is 11.1 Å². The molecule has 0 saturated heterocycles. The van der Waals surface area contributed by atoms with E-state index >= 15 is 0 Å². The molecule has 1 rings (SSSR count). The van der Waals surface area contributed by atoms with Gasteiger partial charge in [0.1, 0.15) is 5.03 Å².